The van der Waals surface area contributed by atoms with Crippen LogP contribution in [-0.4, -0.2) is 16.8 Å². The first-order valence-electron chi connectivity index (χ1n) is 6.29. The second kappa shape index (κ2) is 5.17. The Kier molecular flexibility index (Phi) is 3.50. The van der Waals surface area contributed by atoms with Gasteiger partial charge in [0, 0.05) is 6.54 Å². The minimum atomic E-state index is -0.113. The van der Waals surface area contributed by atoms with Crippen LogP contribution in [-0.2, 0) is 6.42 Å². The maximum Gasteiger partial charge on any atom is 0.157 e. The van der Waals surface area contributed by atoms with Crippen molar-refractivity contribution in [1.29, 1.82) is 0 Å². The summed E-state index contributed by atoms with van der Waals surface area (Å²) in [6, 6.07) is 8.64. The molecule has 0 amide bonds. The molecule has 1 heterocycles. The molecule has 2 aromatic carbocycles. The number of benzene rings is 2. The van der Waals surface area contributed by atoms with Gasteiger partial charge in [0.2, 0.25) is 0 Å². The summed E-state index contributed by atoms with van der Waals surface area (Å²) in [4.78, 5) is 0. The van der Waals surface area contributed by atoms with Gasteiger partial charge in [-0.05, 0) is 47.4 Å². The average Bonchev–Trinajstić information content (AvgIpc) is 2.43. The van der Waals surface area contributed by atoms with Crippen LogP contribution in [0.25, 0.3) is 0 Å². The van der Waals surface area contributed by atoms with Gasteiger partial charge in [-0.25, -0.2) is 0 Å². The van der Waals surface area contributed by atoms with Crippen molar-refractivity contribution < 1.29 is 10.2 Å². The van der Waals surface area contributed by atoms with Gasteiger partial charge in [-0.3, -0.25) is 0 Å². The third-order valence-corrected chi connectivity index (χ3v) is 4.31. The third kappa shape index (κ3) is 2.33. The molecule has 1 atom stereocenters. The molecule has 1 aliphatic heterocycles. The molecule has 0 radical (unpaired) electrons. The Morgan fingerprint density at radius 1 is 1.00 bits per heavy atom. The van der Waals surface area contributed by atoms with Gasteiger partial charge in [0.25, 0.3) is 0 Å². The van der Waals surface area contributed by atoms with Crippen LogP contribution in [0.2, 0.25) is 10.0 Å². The molecule has 0 fully saturated rings. The molecular weight excluding hydrogens is 297 g/mol. The summed E-state index contributed by atoms with van der Waals surface area (Å²) in [5, 5.41) is 23.7. The summed E-state index contributed by atoms with van der Waals surface area (Å²) in [6.45, 7) is 0.794. The Bertz CT molecular complexity index is 673. The number of nitrogens with one attached hydrogen (secondary N) is 1. The van der Waals surface area contributed by atoms with E-state index in [2.05, 4.69) is 5.32 Å². The summed E-state index contributed by atoms with van der Waals surface area (Å²) >= 11 is 12.0. The first-order chi connectivity index (χ1) is 9.56. The summed E-state index contributed by atoms with van der Waals surface area (Å²) in [6.07, 6.45) is 0.807. The van der Waals surface area contributed by atoms with Crippen molar-refractivity contribution in [2.75, 3.05) is 6.54 Å². The zero-order chi connectivity index (χ0) is 14.3. The van der Waals surface area contributed by atoms with Crippen LogP contribution in [0.1, 0.15) is 22.7 Å². The minimum Gasteiger partial charge on any atom is -0.504 e. The number of aromatic hydroxyl groups is 2. The number of hydrogen-bond acceptors (Lipinski definition) is 3. The second-order valence-corrected chi connectivity index (χ2v) is 5.66. The Balaban J connectivity index is 2.09. The maximum atomic E-state index is 9.71. The quantitative estimate of drug-likeness (QED) is 0.705. The summed E-state index contributed by atoms with van der Waals surface area (Å²) in [5.41, 5.74) is 2.95. The van der Waals surface area contributed by atoms with Gasteiger partial charge < -0.3 is 15.5 Å². The first kappa shape index (κ1) is 13.6. The van der Waals surface area contributed by atoms with Crippen LogP contribution in [0, 0.1) is 0 Å². The summed E-state index contributed by atoms with van der Waals surface area (Å²) < 4.78 is 0. The van der Waals surface area contributed by atoms with E-state index in [1.54, 1.807) is 18.2 Å². The molecule has 0 saturated heterocycles. The topological polar surface area (TPSA) is 52.5 Å². The fourth-order valence-electron chi connectivity index (χ4n) is 2.57. The van der Waals surface area contributed by atoms with E-state index in [1.807, 2.05) is 12.1 Å². The van der Waals surface area contributed by atoms with Crippen molar-refractivity contribution in [2.45, 2.75) is 12.5 Å². The van der Waals surface area contributed by atoms with Crippen LogP contribution in [0.4, 0.5) is 0 Å². The van der Waals surface area contributed by atoms with Crippen molar-refractivity contribution in [3.05, 3.63) is 57.1 Å². The SMILES string of the molecule is Oc1cc2c(cc1O)C(c1ccc(Cl)c(Cl)c1)NCC2. The van der Waals surface area contributed by atoms with Gasteiger partial charge in [0.1, 0.15) is 0 Å². The first-order valence-corrected chi connectivity index (χ1v) is 7.05. The van der Waals surface area contributed by atoms with E-state index >= 15 is 0 Å². The molecule has 5 heteroatoms. The van der Waals surface area contributed by atoms with E-state index in [0.717, 1.165) is 29.7 Å². The second-order valence-electron chi connectivity index (χ2n) is 4.85. The molecule has 3 N–H and O–H groups in total. The highest BCUT2D eigenvalue weighted by molar-refractivity contribution is 6.42. The van der Waals surface area contributed by atoms with E-state index in [9.17, 15) is 10.2 Å². The predicted molar refractivity (Wildman–Crippen MR) is 79.8 cm³/mol. The largest absolute Gasteiger partial charge is 0.504 e. The molecule has 20 heavy (non-hydrogen) atoms. The van der Waals surface area contributed by atoms with E-state index in [0.29, 0.717) is 10.0 Å². The number of rotatable bonds is 1. The summed E-state index contributed by atoms with van der Waals surface area (Å²) in [5.74, 6) is -0.198. The standard InChI is InChI=1S/C15H13Cl2NO2/c16-11-2-1-9(5-12(11)17)15-10-7-14(20)13(19)6-8(10)3-4-18-15/h1-2,5-7,15,18-20H,3-4H2. The van der Waals surface area contributed by atoms with Crippen molar-refractivity contribution in [2.24, 2.45) is 0 Å². The zero-order valence-corrected chi connectivity index (χ0v) is 12.0. The van der Waals surface area contributed by atoms with Crippen LogP contribution >= 0.6 is 23.2 Å². The van der Waals surface area contributed by atoms with E-state index in [1.165, 1.54) is 0 Å². The molecule has 1 unspecified atom stereocenters. The van der Waals surface area contributed by atoms with Crippen LogP contribution in [0.15, 0.2) is 30.3 Å². The number of hydrogen-bond donors (Lipinski definition) is 3. The predicted octanol–water partition coefficient (Wildman–Crippen LogP) is 3.64. The lowest BCUT2D eigenvalue weighted by atomic mass is 9.89. The lowest BCUT2D eigenvalue weighted by molar-refractivity contribution is 0.400. The smallest absolute Gasteiger partial charge is 0.157 e. The molecule has 0 bridgehead atoms. The van der Waals surface area contributed by atoms with E-state index in [-0.39, 0.29) is 17.5 Å². The van der Waals surface area contributed by atoms with Crippen LogP contribution in [0.5, 0.6) is 11.5 Å². The fourth-order valence-corrected chi connectivity index (χ4v) is 2.88. The van der Waals surface area contributed by atoms with Crippen molar-refractivity contribution >= 4 is 23.2 Å². The molecule has 0 spiro atoms. The lowest BCUT2D eigenvalue weighted by Crippen LogP contribution is -2.30. The molecule has 3 rings (SSSR count). The van der Waals surface area contributed by atoms with Crippen molar-refractivity contribution in [3.63, 3.8) is 0 Å². The van der Waals surface area contributed by atoms with E-state index < -0.39 is 0 Å². The van der Waals surface area contributed by atoms with Gasteiger partial charge in [-0.15, -0.1) is 0 Å². The van der Waals surface area contributed by atoms with Crippen molar-refractivity contribution in [1.82, 2.24) is 5.32 Å². The van der Waals surface area contributed by atoms with Crippen LogP contribution < -0.4 is 5.32 Å². The average molecular weight is 310 g/mol. The molecular formula is C15H13Cl2NO2. The normalized spacial score (nSPS) is 17.8. The number of halogens is 2. The number of phenolic OH excluding ortho intramolecular Hbond substituents is 2. The number of phenols is 2. The Morgan fingerprint density at radius 3 is 2.50 bits per heavy atom. The monoisotopic (exact) mass is 309 g/mol. The third-order valence-electron chi connectivity index (χ3n) is 3.57. The van der Waals surface area contributed by atoms with Gasteiger partial charge >= 0.3 is 0 Å². The molecule has 0 aromatic heterocycles. The highest BCUT2D eigenvalue weighted by Crippen LogP contribution is 2.37. The Hall–Kier alpha value is -1.42. The molecule has 0 aliphatic carbocycles. The van der Waals surface area contributed by atoms with Gasteiger partial charge in [-0.1, -0.05) is 29.3 Å². The molecule has 104 valence electrons. The molecule has 1 aliphatic rings. The Morgan fingerprint density at radius 2 is 1.75 bits per heavy atom. The maximum absolute atomic E-state index is 9.71. The van der Waals surface area contributed by atoms with Crippen molar-refractivity contribution in [3.8, 4) is 11.5 Å². The van der Waals surface area contributed by atoms with Crippen LogP contribution in [0.3, 0.4) is 0 Å². The number of fused-ring (bicyclic) bond motifs is 1. The lowest BCUT2D eigenvalue weighted by Gasteiger charge is -2.28. The molecule has 0 saturated carbocycles. The molecule has 3 nitrogen and oxygen atoms in total. The Labute approximate surface area is 126 Å². The highest BCUT2D eigenvalue weighted by Gasteiger charge is 2.23. The van der Waals surface area contributed by atoms with Gasteiger partial charge in [-0.2, -0.15) is 0 Å². The summed E-state index contributed by atoms with van der Waals surface area (Å²) in [7, 11) is 0. The van der Waals surface area contributed by atoms with E-state index in [4.69, 9.17) is 23.2 Å². The van der Waals surface area contributed by atoms with Gasteiger partial charge in [0.15, 0.2) is 11.5 Å². The minimum absolute atomic E-state index is 0.0694. The van der Waals surface area contributed by atoms with Gasteiger partial charge in [0.05, 0.1) is 16.1 Å². The zero-order valence-electron chi connectivity index (χ0n) is 10.5. The highest BCUT2D eigenvalue weighted by atomic mass is 35.5. The molecule has 2 aromatic rings. The fraction of sp³-hybridized carbons (Fsp3) is 0.200.